The topological polar surface area (TPSA) is 314 Å². The first-order valence-corrected chi connectivity index (χ1v) is 0. The number of rotatable bonds is 0. The third kappa shape index (κ3) is 2080. The van der Waals surface area contributed by atoms with E-state index in [4.69, 9.17) is 0 Å². The van der Waals surface area contributed by atoms with E-state index in [0.717, 1.165) is 0 Å². The predicted octanol–water partition coefficient (Wildman–Crippen LogP) is -3.59. The summed E-state index contributed by atoms with van der Waals surface area (Å²) in [5, 5.41) is 0. The van der Waals surface area contributed by atoms with Gasteiger partial charge in [0.25, 0.3) is 0 Å². The number of hydrogen-bond acceptors (Lipinski definition) is 0. The Morgan fingerprint density at radius 1 is 0.176 bits per heavy atom. The van der Waals surface area contributed by atoms with Crippen LogP contribution < -0.4 is 0 Å². The molecule has 0 amide bonds. The Morgan fingerprint density at radius 3 is 0.176 bits per heavy atom. The molecule has 11 nitrogen and oxygen atoms in total. The van der Waals surface area contributed by atoms with E-state index in [1.165, 1.54) is 0 Å². The Bertz CT molecular complexity index is 19.8. The fourth-order valence-corrected chi connectivity index (χ4v) is 0. The third-order valence-electron chi connectivity index (χ3n) is 0. The molecule has 0 N–H and O–H groups in total. The summed E-state index contributed by atoms with van der Waals surface area (Å²) in [7, 11) is 0. The van der Waals surface area contributed by atoms with E-state index < -0.39 is 0 Å². The Balaban J connectivity index is 0. The van der Waals surface area contributed by atoms with Crippen LogP contribution in [0.4, 0.5) is 0 Å². The van der Waals surface area contributed by atoms with Crippen LogP contribution in [0.5, 0.6) is 0 Å². The van der Waals surface area contributed by atoms with Crippen LogP contribution in [0.25, 0.3) is 0 Å². The first kappa shape index (κ1) is 2800. The summed E-state index contributed by atoms with van der Waals surface area (Å²) in [5.41, 5.74) is 0. The SMILES string of the molecule is [Mg+2].[O-2].[O-2].[O-2].[O-2].[O-2].[O-2].[O-2].[O-2].[O-2].[O-2].[O-2].[Si+4].[Si+4].[Si+4].[Si+4].[Si+4]. The molecule has 0 unspecified atom stereocenters. The molecule has 0 saturated heterocycles. The molecule has 0 aliphatic carbocycles. The van der Waals surface area contributed by atoms with Crippen LogP contribution >= 0.6 is 0 Å². The van der Waals surface area contributed by atoms with Crippen molar-refractivity contribution in [1.29, 1.82) is 0 Å². The molecule has 0 aliphatic rings. The van der Waals surface area contributed by atoms with Gasteiger partial charge in [-0.25, -0.2) is 0 Å². The van der Waals surface area contributed by atoms with Crippen molar-refractivity contribution in [2.75, 3.05) is 0 Å². The van der Waals surface area contributed by atoms with Gasteiger partial charge in [0, 0.05) is 0 Å². The Hall–Kier alpha value is 1.41. The molecular formula is MgO11Si5. The summed E-state index contributed by atoms with van der Waals surface area (Å²) >= 11 is 0. The van der Waals surface area contributed by atoms with Gasteiger partial charge < -0.3 is 60.2 Å². The molecule has 0 spiro atoms. The molecule has 0 fully saturated rings. The Morgan fingerprint density at radius 2 is 0.176 bits per heavy atom. The molecule has 0 aromatic heterocycles. The molecule has 0 aliphatic heterocycles. The van der Waals surface area contributed by atoms with E-state index in [9.17, 15) is 0 Å². The summed E-state index contributed by atoms with van der Waals surface area (Å²) in [5.74, 6) is 0. The fourth-order valence-electron chi connectivity index (χ4n) is 0. The van der Waals surface area contributed by atoms with Gasteiger partial charge in [0.15, 0.2) is 0 Å². The van der Waals surface area contributed by atoms with Crippen molar-refractivity contribution in [2.24, 2.45) is 0 Å². The van der Waals surface area contributed by atoms with Gasteiger partial charge in [-0.15, -0.1) is 0 Å². The van der Waals surface area contributed by atoms with Gasteiger partial charge in [-0.2, -0.15) is 0 Å². The van der Waals surface area contributed by atoms with Crippen molar-refractivity contribution in [2.45, 2.75) is 0 Å². The summed E-state index contributed by atoms with van der Waals surface area (Å²) in [4.78, 5) is 0. The molecule has 0 atom stereocenters. The average Bonchev–Trinajstić information content (AvgIpc) is 0. The first-order valence-electron chi connectivity index (χ1n) is 0. The van der Waals surface area contributed by atoms with E-state index in [1.54, 1.807) is 0 Å². The van der Waals surface area contributed by atoms with Crippen LogP contribution in [0.1, 0.15) is 0 Å². The van der Waals surface area contributed by atoms with Gasteiger partial charge >= 0.3 is 77.9 Å². The molecular weight excluding hydrogens is 341 g/mol. The predicted molar refractivity (Wildman–Crippen MR) is 42.1 cm³/mol. The zero-order valence-corrected chi connectivity index (χ0v) is 14.1. The van der Waals surface area contributed by atoms with Gasteiger partial charge in [0.2, 0.25) is 0 Å². The molecule has 0 rings (SSSR count). The summed E-state index contributed by atoms with van der Waals surface area (Å²) in [6, 6.07) is 0. The largest absolute Gasteiger partial charge is 4.00 e. The third-order valence-corrected chi connectivity index (χ3v) is 0. The van der Waals surface area contributed by atoms with Gasteiger partial charge in [-0.3, -0.25) is 0 Å². The maximum atomic E-state index is 0. The Kier molecular flexibility index (Phi) is 389000. The quantitative estimate of drug-likeness (QED) is 0.385. The monoisotopic (exact) mass is 340 g/mol. The van der Waals surface area contributed by atoms with Gasteiger partial charge in [0.05, 0.1) is 0 Å². The van der Waals surface area contributed by atoms with Crippen LogP contribution in [0.3, 0.4) is 0 Å². The molecule has 0 aromatic carbocycles. The minimum absolute atomic E-state index is 0. The zero-order valence-electron chi connectivity index (χ0n) is 7.70. The van der Waals surface area contributed by atoms with Crippen molar-refractivity contribution in [3.05, 3.63) is 0 Å². The molecule has 17 heteroatoms. The molecule has 0 saturated carbocycles. The van der Waals surface area contributed by atoms with E-state index in [-0.39, 0.29) is 138 Å². The maximum absolute atomic E-state index is 0. The van der Waals surface area contributed by atoms with Crippen LogP contribution in [0, 0.1) is 0 Å². The zero-order chi connectivity index (χ0) is 0. The van der Waals surface area contributed by atoms with Gasteiger partial charge in [-0.05, 0) is 0 Å². The van der Waals surface area contributed by atoms with E-state index in [0.29, 0.717) is 0 Å². The van der Waals surface area contributed by atoms with Crippen molar-refractivity contribution in [3.63, 3.8) is 0 Å². The summed E-state index contributed by atoms with van der Waals surface area (Å²) < 4.78 is 0. The molecule has 0 bridgehead atoms. The van der Waals surface area contributed by atoms with Gasteiger partial charge in [-0.1, -0.05) is 0 Å². The molecule has 0 heterocycles. The molecule has 0 aromatic rings. The minimum Gasteiger partial charge on any atom is -2.00 e. The van der Waals surface area contributed by atoms with Crippen LogP contribution in [-0.2, 0) is 60.2 Å². The van der Waals surface area contributed by atoms with Gasteiger partial charge in [0.1, 0.15) is 0 Å². The van der Waals surface area contributed by atoms with Crippen molar-refractivity contribution in [1.82, 2.24) is 0 Å². The Labute approximate surface area is 138 Å². The van der Waals surface area contributed by atoms with Crippen molar-refractivity contribution in [3.8, 4) is 0 Å². The molecule has 0 radical (unpaired) electrons. The fraction of sp³-hybridized carbons (Fsp3) is 0. The standard InChI is InChI=1S/Mg.11O.5Si/q+2;11*-2;5*+4. The second-order valence-electron chi connectivity index (χ2n) is 0. The summed E-state index contributed by atoms with van der Waals surface area (Å²) in [6.45, 7) is 0. The average molecular weight is 341 g/mol. The smallest absolute Gasteiger partial charge is 2.00 e. The summed E-state index contributed by atoms with van der Waals surface area (Å²) in [6.07, 6.45) is 0. The normalized spacial score (nSPS) is 0. The van der Waals surface area contributed by atoms with Crippen LogP contribution in [0.2, 0.25) is 0 Å². The van der Waals surface area contributed by atoms with Crippen LogP contribution in [0.15, 0.2) is 0 Å². The van der Waals surface area contributed by atoms with Crippen LogP contribution in [-0.4, -0.2) is 77.9 Å². The van der Waals surface area contributed by atoms with E-state index in [1.807, 2.05) is 0 Å². The second kappa shape index (κ2) is 2360. The number of hydrogen-bond donors (Lipinski definition) is 0. The second-order valence-corrected chi connectivity index (χ2v) is 0. The minimum atomic E-state index is 0. The maximum Gasteiger partial charge on any atom is 4.00 e. The van der Waals surface area contributed by atoms with Crippen molar-refractivity contribution < 1.29 is 60.2 Å². The molecule has 88 valence electrons. The van der Waals surface area contributed by atoms with E-state index in [2.05, 4.69) is 0 Å². The van der Waals surface area contributed by atoms with Crippen molar-refractivity contribution >= 4 is 77.9 Å². The molecule has 17 heavy (non-hydrogen) atoms. The van der Waals surface area contributed by atoms with E-state index >= 15 is 0 Å². The first-order chi connectivity index (χ1) is 0.